The minimum absolute atomic E-state index is 0.0269. The summed E-state index contributed by atoms with van der Waals surface area (Å²) in [5.74, 6) is 0.580. The highest BCUT2D eigenvalue weighted by Crippen LogP contribution is 2.27. The summed E-state index contributed by atoms with van der Waals surface area (Å²) in [5, 5.41) is 5.82. The lowest BCUT2D eigenvalue weighted by Gasteiger charge is -2.33. The Labute approximate surface area is 143 Å². The molecule has 2 N–H and O–H groups in total. The van der Waals surface area contributed by atoms with Crippen LogP contribution in [0.15, 0.2) is 36.4 Å². The van der Waals surface area contributed by atoms with Crippen molar-refractivity contribution in [2.75, 3.05) is 26.2 Å². The second-order valence-electron chi connectivity index (χ2n) is 6.57. The molecule has 1 saturated carbocycles. The van der Waals surface area contributed by atoms with Crippen molar-refractivity contribution in [2.24, 2.45) is 5.92 Å². The number of hydrogen-bond acceptors (Lipinski definition) is 3. The van der Waals surface area contributed by atoms with Gasteiger partial charge in [0.1, 0.15) is 0 Å². The third-order valence-corrected chi connectivity index (χ3v) is 4.56. The Balaban J connectivity index is 1.53. The van der Waals surface area contributed by atoms with Gasteiger partial charge in [-0.25, -0.2) is 0 Å². The highest BCUT2D eigenvalue weighted by atomic mass is 16.2. The van der Waals surface area contributed by atoms with Gasteiger partial charge in [-0.3, -0.25) is 14.5 Å². The average Bonchev–Trinajstić information content (AvgIpc) is 3.41. The van der Waals surface area contributed by atoms with Gasteiger partial charge >= 0.3 is 0 Å². The van der Waals surface area contributed by atoms with E-state index in [-0.39, 0.29) is 24.3 Å². The van der Waals surface area contributed by atoms with Crippen molar-refractivity contribution in [3.8, 4) is 0 Å². The van der Waals surface area contributed by atoms with Gasteiger partial charge in [0.15, 0.2) is 0 Å². The topological polar surface area (TPSA) is 61.4 Å². The van der Waals surface area contributed by atoms with E-state index in [2.05, 4.69) is 27.7 Å². The average molecular weight is 327 g/mol. The van der Waals surface area contributed by atoms with Crippen LogP contribution in [0.2, 0.25) is 0 Å². The standard InChI is InChI=1S/C19H25N3O2/c23-18(21-14-16-8-9-16)13-17-19(24)20-10-12-22(17)11-4-7-15-5-2-1-3-6-15/h1-7,16-17H,8-14H2,(H,20,24)(H,21,23)/b7-4+. The van der Waals surface area contributed by atoms with Gasteiger partial charge in [0.2, 0.25) is 11.8 Å². The fraction of sp³-hybridized carbons (Fsp3) is 0.474. The van der Waals surface area contributed by atoms with Gasteiger partial charge in [-0.1, -0.05) is 42.5 Å². The first-order valence-corrected chi connectivity index (χ1v) is 8.72. The molecule has 2 amide bonds. The maximum atomic E-state index is 12.2. The second-order valence-corrected chi connectivity index (χ2v) is 6.57. The molecule has 0 spiro atoms. The first kappa shape index (κ1) is 16.7. The minimum Gasteiger partial charge on any atom is -0.356 e. The van der Waals surface area contributed by atoms with E-state index in [0.29, 0.717) is 19.0 Å². The van der Waals surface area contributed by atoms with Gasteiger partial charge in [-0.2, -0.15) is 0 Å². The largest absolute Gasteiger partial charge is 0.356 e. The molecule has 0 bridgehead atoms. The van der Waals surface area contributed by atoms with E-state index in [4.69, 9.17) is 0 Å². The monoisotopic (exact) mass is 327 g/mol. The lowest BCUT2D eigenvalue weighted by atomic mass is 10.1. The van der Waals surface area contributed by atoms with Crippen LogP contribution in [0.1, 0.15) is 24.8 Å². The summed E-state index contributed by atoms with van der Waals surface area (Å²) >= 11 is 0. The quantitative estimate of drug-likeness (QED) is 0.796. The molecule has 2 aliphatic rings. The molecule has 0 radical (unpaired) electrons. The molecule has 5 nitrogen and oxygen atoms in total. The zero-order valence-corrected chi connectivity index (χ0v) is 13.9. The van der Waals surface area contributed by atoms with Crippen molar-refractivity contribution in [3.05, 3.63) is 42.0 Å². The number of amides is 2. The summed E-state index contributed by atoms with van der Waals surface area (Å²) in [6.07, 6.45) is 6.76. The fourth-order valence-electron chi connectivity index (χ4n) is 2.92. The van der Waals surface area contributed by atoms with Crippen LogP contribution in [-0.2, 0) is 9.59 Å². The lowest BCUT2D eigenvalue weighted by molar-refractivity contribution is -0.133. The highest BCUT2D eigenvalue weighted by molar-refractivity contribution is 5.88. The van der Waals surface area contributed by atoms with Crippen molar-refractivity contribution in [3.63, 3.8) is 0 Å². The van der Waals surface area contributed by atoms with E-state index in [0.717, 1.165) is 18.7 Å². The zero-order chi connectivity index (χ0) is 16.8. The summed E-state index contributed by atoms with van der Waals surface area (Å²) in [6.45, 7) is 2.83. The molecule has 1 unspecified atom stereocenters. The Morgan fingerprint density at radius 3 is 2.83 bits per heavy atom. The first-order chi connectivity index (χ1) is 11.7. The Kier molecular flexibility index (Phi) is 5.64. The van der Waals surface area contributed by atoms with Crippen LogP contribution in [0.5, 0.6) is 0 Å². The molecule has 1 aliphatic heterocycles. The molecule has 0 aromatic heterocycles. The van der Waals surface area contributed by atoms with Crippen LogP contribution in [0, 0.1) is 5.92 Å². The third kappa shape index (κ3) is 4.93. The number of hydrogen-bond donors (Lipinski definition) is 2. The van der Waals surface area contributed by atoms with Crippen LogP contribution in [0.3, 0.4) is 0 Å². The van der Waals surface area contributed by atoms with Gasteiger partial charge in [-0.05, 0) is 24.3 Å². The van der Waals surface area contributed by atoms with Crippen LogP contribution in [0.4, 0.5) is 0 Å². The van der Waals surface area contributed by atoms with Gasteiger partial charge in [0, 0.05) is 26.2 Å². The zero-order valence-electron chi connectivity index (χ0n) is 13.9. The molecule has 3 rings (SSSR count). The summed E-state index contributed by atoms with van der Waals surface area (Å²) in [6, 6.07) is 9.70. The van der Waals surface area contributed by atoms with Crippen molar-refractivity contribution in [1.29, 1.82) is 0 Å². The van der Waals surface area contributed by atoms with E-state index >= 15 is 0 Å². The molecule has 1 aromatic rings. The number of benzene rings is 1. The number of carbonyl (C=O) groups excluding carboxylic acids is 2. The van der Waals surface area contributed by atoms with Crippen LogP contribution < -0.4 is 10.6 Å². The van der Waals surface area contributed by atoms with Gasteiger partial charge in [0.25, 0.3) is 0 Å². The highest BCUT2D eigenvalue weighted by Gasteiger charge is 2.31. The number of rotatable bonds is 7. The number of carbonyl (C=O) groups is 2. The number of nitrogens with zero attached hydrogens (tertiary/aromatic N) is 1. The molecule has 24 heavy (non-hydrogen) atoms. The summed E-state index contributed by atoms with van der Waals surface area (Å²) in [5.41, 5.74) is 1.14. The minimum atomic E-state index is -0.377. The predicted octanol–water partition coefficient (Wildman–Crippen LogP) is 1.42. The number of piperazine rings is 1. The Bertz CT molecular complexity index is 596. The van der Waals surface area contributed by atoms with Crippen molar-refractivity contribution >= 4 is 17.9 Å². The first-order valence-electron chi connectivity index (χ1n) is 8.72. The Hall–Kier alpha value is -2.14. The molecular weight excluding hydrogens is 302 g/mol. The normalized spacial score (nSPS) is 21.7. The van der Waals surface area contributed by atoms with E-state index < -0.39 is 0 Å². The Morgan fingerprint density at radius 1 is 1.29 bits per heavy atom. The summed E-state index contributed by atoms with van der Waals surface area (Å²) < 4.78 is 0. The van der Waals surface area contributed by atoms with Gasteiger partial charge in [0.05, 0.1) is 12.5 Å². The molecule has 1 saturated heterocycles. The van der Waals surface area contributed by atoms with Crippen molar-refractivity contribution in [2.45, 2.75) is 25.3 Å². The maximum absolute atomic E-state index is 12.2. The van der Waals surface area contributed by atoms with Crippen LogP contribution >= 0.6 is 0 Å². The molecular formula is C19H25N3O2. The maximum Gasteiger partial charge on any atom is 0.237 e. The molecule has 1 aromatic carbocycles. The molecule has 128 valence electrons. The van der Waals surface area contributed by atoms with Crippen molar-refractivity contribution in [1.82, 2.24) is 15.5 Å². The molecule has 1 heterocycles. The van der Waals surface area contributed by atoms with E-state index in [9.17, 15) is 9.59 Å². The SMILES string of the molecule is O=C(CC1C(=O)NCCN1C/C=C/c1ccccc1)NCC1CC1. The van der Waals surface area contributed by atoms with E-state index in [1.165, 1.54) is 12.8 Å². The number of nitrogens with one attached hydrogen (secondary N) is 2. The lowest BCUT2D eigenvalue weighted by Crippen LogP contribution is -2.56. The second kappa shape index (κ2) is 8.11. The van der Waals surface area contributed by atoms with Gasteiger partial charge < -0.3 is 10.6 Å². The van der Waals surface area contributed by atoms with Crippen LogP contribution in [0.25, 0.3) is 6.08 Å². The van der Waals surface area contributed by atoms with Crippen LogP contribution in [-0.4, -0.2) is 48.9 Å². The van der Waals surface area contributed by atoms with E-state index in [1.54, 1.807) is 0 Å². The van der Waals surface area contributed by atoms with E-state index in [1.807, 2.05) is 30.3 Å². The molecule has 2 fully saturated rings. The molecule has 1 atom stereocenters. The Morgan fingerprint density at radius 2 is 2.08 bits per heavy atom. The third-order valence-electron chi connectivity index (χ3n) is 4.56. The van der Waals surface area contributed by atoms with Crippen molar-refractivity contribution < 1.29 is 9.59 Å². The van der Waals surface area contributed by atoms with Gasteiger partial charge in [-0.15, -0.1) is 0 Å². The summed E-state index contributed by atoms with van der Waals surface area (Å²) in [7, 11) is 0. The summed E-state index contributed by atoms with van der Waals surface area (Å²) in [4.78, 5) is 26.3. The predicted molar refractivity (Wildman–Crippen MR) is 94.2 cm³/mol. The molecule has 1 aliphatic carbocycles. The fourth-order valence-corrected chi connectivity index (χ4v) is 2.92. The molecule has 5 heteroatoms. The smallest absolute Gasteiger partial charge is 0.237 e.